The number of rotatable bonds is 7. The number of nitrogens with one attached hydrogen (secondary N) is 1. The molecule has 0 bridgehead atoms. The molecule has 0 fully saturated rings. The van der Waals surface area contributed by atoms with E-state index in [4.69, 9.17) is 11.6 Å². The minimum absolute atomic E-state index is 0.152. The molecular weight excluding hydrogens is 409 g/mol. The van der Waals surface area contributed by atoms with E-state index in [0.717, 1.165) is 34.6 Å². The number of halogens is 4. The first-order chi connectivity index (χ1) is 12.6. The van der Waals surface area contributed by atoms with Crippen molar-refractivity contribution in [2.24, 2.45) is 0 Å². The maximum atomic E-state index is 12.9. The zero-order valence-corrected chi connectivity index (χ0v) is 15.4. The number of likely N-dealkylation sites (N-methyl/N-ethyl adjacent to an activating group) is 1. The summed E-state index contributed by atoms with van der Waals surface area (Å²) in [5.41, 5.74) is 0.166. The Morgan fingerprint density at radius 2 is 1.85 bits per heavy atom. The third-order valence-corrected chi connectivity index (χ3v) is 5.43. The fourth-order valence-corrected chi connectivity index (χ4v) is 3.40. The molecule has 2 aromatic carbocycles. The molecule has 146 valence electrons. The molecule has 0 spiro atoms. The van der Waals surface area contributed by atoms with Crippen LogP contribution in [-0.2, 0) is 14.8 Å². The van der Waals surface area contributed by atoms with Gasteiger partial charge in [-0.25, -0.2) is 12.8 Å². The van der Waals surface area contributed by atoms with E-state index in [0.29, 0.717) is 0 Å². The second-order valence-electron chi connectivity index (χ2n) is 5.29. The number of sulfonamides is 1. The summed E-state index contributed by atoms with van der Waals surface area (Å²) in [4.78, 5) is 11.9. The van der Waals surface area contributed by atoms with Gasteiger partial charge in [-0.05, 0) is 42.5 Å². The molecule has 2 aromatic rings. The molecule has 0 unspecified atom stereocenters. The van der Waals surface area contributed by atoms with Crippen molar-refractivity contribution in [3.05, 3.63) is 53.3 Å². The average Bonchev–Trinajstić information content (AvgIpc) is 2.57. The minimum Gasteiger partial charge on any atom is -0.433 e. The molecule has 0 saturated heterocycles. The maximum absolute atomic E-state index is 12.9. The van der Waals surface area contributed by atoms with Crippen molar-refractivity contribution in [1.29, 1.82) is 0 Å². The lowest BCUT2D eigenvalue weighted by Gasteiger charge is -2.17. The third kappa shape index (κ3) is 5.59. The first-order valence-corrected chi connectivity index (χ1v) is 9.17. The third-order valence-electron chi connectivity index (χ3n) is 3.32. The van der Waals surface area contributed by atoms with Gasteiger partial charge in [-0.1, -0.05) is 11.6 Å². The van der Waals surface area contributed by atoms with Gasteiger partial charge in [0.15, 0.2) is 0 Å². The van der Waals surface area contributed by atoms with Crippen LogP contribution in [0.3, 0.4) is 0 Å². The van der Waals surface area contributed by atoms with E-state index in [9.17, 15) is 26.4 Å². The Balaban J connectivity index is 2.04. The van der Waals surface area contributed by atoms with Gasteiger partial charge in [-0.3, -0.25) is 4.79 Å². The van der Waals surface area contributed by atoms with E-state index in [2.05, 4.69) is 10.1 Å². The highest BCUT2D eigenvalue weighted by atomic mass is 35.5. The van der Waals surface area contributed by atoms with Gasteiger partial charge in [0, 0.05) is 12.7 Å². The van der Waals surface area contributed by atoms with Crippen molar-refractivity contribution < 1.29 is 31.1 Å². The van der Waals surface area contributed by atoms with Crippen LogP contribution in [-0.4, -0.2) is 38.8 Å². The van der Waals surface area contributed by atoms with Crippen LogP contribution >= 0.6 is 11.6 Å². The van der Waals surface area contributed by atoms with Crippen molar-refractivity contribution in [3.8, 4) is 5.75 Å². The van der Waals surface area contributed by atoms with Crippen LogP contribution in [0.5, 0.6) is 5.75 Å². The second kappa shape index (κ2) is 8.59. The molecule has 0 aliphatic carbocycles. The van der Waals surface area contributed by atoms with Crippen molar-refractivity contribution in [2.45, 2.75) is 11.5 Å². The highest BCUT2D eigenvalue weighted by Crippen LogP contribution is 2.29. The normalized spacial score (nSPS) is 11.7. The number of hydrogen-bond acceptors (Lipinski definition) is 4. The summed E-state index contributed by atoms with van der Waals surface area (Å²) < 4.78 is 67.0. The summed E-state index contributed by atoms with van der Waals surface area (Å²) in [6.07, 6.45) is 0. The molecule has 0 saturated carbocycles. The largest absolute Gasteiger partial charge is 0.433 e. The van der Waals surface area contributed by atoms with Gasteiger partial charge in [-0.15, -0.1) is 0 Å². The summed E-state index contributed by atoms with van der Waals surface area (Å²) in [5.74, 6) is -1.55. The van der Waals surface area contributed by atoms with Gasteiger partial charge in [0.05, 0.1) is 16.5 Å². The molecule has 6 nitrogen and oxygen atoms in total. The topological polar surface area (TPSA) is 75.7 Å². The molecule has 1 N–H and O–H groups in total. The van der Waals surface area contributed by atoms with Crippen LogP contribution in [0.4, 0.5) is 18.9 Å². The van der Waals surface area contributed by atoms with E-state index >= 15 is 0 Å². The Bertz CT molecular complexity index is 924. The van der Waals surface area contributed by atoms with Crippen molar-refractivity contribution >= 4 is 33.2 Å². The van der Waals surface area contributed by atoms with Gasteiger partial charge in [-0.2, -0.15) is 13.1 Å². The average molecular weight is 423 g/mol. The smallest absolute Gasteiger partial charge is 0.387 e. The highest BCUT2D eigenvalue weighted by molar-refractivity contribution is 7.89. The summed E-state index contributed by atoms with van der Waals surface area (Å²) >= 11 is 5.78. The molecule has 0 radical (unpaired) electrons. The van der Waals surface area contributed by atoms with E-state index in [-0.39, 0.29) is 21.4 Å². The molecule has 11 heteroatoms. The van der Waals surface area contributed by atoms with Crippen molar-refractivity contribution in [2.75, 3.05) is 18.9 Å². The van der Waals surface area contributed by atoms with Crippen LogP contribution in [0.1, 0.15) is 0 Å². The lowest BCUT2D eigenvalue weighted by molar-refractivity contribution is -0.116. The fraction of sp³-hybridized carbons (Fsp3) is 0.188. The minimum atomic E-state index is -4.00. The Morgan fingerprint density at radius 1 is 1.22 bits per heavy atom. The molecule has 0 aliphatic heterocycles. The standard InChI is InChI=1S/C16H14ClF3N2O4S/c1-22(27(24,25)12-5-2-10(18)3-6-12)9-15(23)21-11-4-7-14(13(17)8-11)26-16(19)20/h2-8,16H,9H2,1H3,(H,21,23). The number of alkyl halides is 2. The summed E-state index contributed by atoms with van der Waals surface area (Å²) in [7, 11) is -2.81. The van der Waals surface area contributed by atoms with Crippen molar-refractivity contribution in [3.63, 3.8) is 0 Å². The van der Waals surface area contributed by atoms with Crippen LogP contribution in [0.2, 0.25) is 5.02 Å². The Kier molecular flexibility index (Phi) is 6.68. The molecule has 0 aliphatic rings. The van der Waals surface area contributed by atoms with Crippen LogP contribution in [0.25, 0.3) is 0 Å². The zero-order chi connectivity index (χ0) is 20.2. The predicted octanol–water partition coefficient (Wildman–Crippen LogP) is 3.34. The number of carbonyl (C=O) groups excluding carboxylic acids is 1. The Hall–Kier alpha value is -2.30. The molecule has 0 atom stereocenters. The van der Waals surface area contributed by atoms with Crippen LogP contribution in [0.15, 0.2) is 47.4 Å². The van der Waals surface area contributed by atoms with E-state index in [1.54, 1.807) is 0 Å². The number of anilines is 1. The Labute approximate surface area is 158 Å². The van der Waals surface area contributed by atoms with Gasteiger partial charge < -0.3 is 10.1 Å². The lowest BCUT2D eigenvalue weighted by atomic mass is 10.3. The summed E-state index contributed by atoms with van der Waals surface area (Å²) in [5, 5.41) is 2.24. The number of amides is 1. The molecule has 0 heterocycles. The maximum Gasteiger partial charge on any atom is 0.387 e. The van der Waals surface area contributed by atoms with Crippen LogP contribution < -0.4 is 10.1 Å². The number of benzene rings is 2. The van der Waals surface area contributed by atoms with Crippen molar-refractivity contribution in [1.82, 2.24) is 4.31 Å². The number of nitrogens with zero attached hydrogens (tertiary/aromatic N) is 1. The fourth-order valence-electron chi connectivity index (χ4n) is 2.04. The number of hydrogen-bond donors (Lipinski definition) is 1. The first kappa shape index (κ1) is 21.0. The van der Waals surface area contributed by atoms with E-state index < -0.39 is 34.9 Å². The van der Waals surface area contributed by atoms with Gasteiger partial charge >= 0.3 is 6.61 Å². The van der Waals surface area contributed by atoms with Gasteiger partial charge in [0.25, 0.3) is 0 Å². The molecular formula is C16H14ClF3N2O4S. The van der Waals surface area contributed by atoms with Crippen LogP contribution in [0, 0.1) is 5.82 Å². The lowest BCUT2D eigenvalue weighted by Crippen LogP contribution is -2.34. The SMILES string of the molecule is CN(CC(=O)Nc1ccc(OC(F)F)c(Cl)c1)S(=O)(=O)c1ccc(F)cc1. The summed E-state index contributed by atoms with van der Waals surface area (Å²) in [6, 6.07) is 7.75. The van der Waals surface area contributed by atoms with E-state index in [1.165, 1.54) is 19.2 Å². The predicted molar refractivity (Wildman–Crippen MR) is 92.9 cm³/mol. The monoisotopic (exact) mass is 422 g/mol. The first-order valence-electron chi connectivity index (χ1n) is 7.35. The molecule has 27 heavy (non-hydrogen) atoms. The Morgan fingerprint density at radius 3 is 2.41 bits per heavy atom. The second-order valence-corrected chi connectivity index (χ2v) is 7.74. The molecule has 2 rings (SSSR count). The summed E-state index contributed by atoms with van der Waals surface area (Å²) in [6.45, 7) is -3.58. The molecule has 1 amide bonds. The molecule has 0 aromatic heterocycles. The van der Waals surface area contributed by atoms with E-state index in [1.807, 2.05) is 0 Å². The zero-order valence-electron chi connectivity index (χ0n) is 13.8. The number of ether oxygens (including phenoxy) is 1. The van der Waals surface area contributed by atoms with Gasteiger partial charge in [0.2, 0.25) is 15.9 Å². The van der Waals surface area contributed by atoms with Gasteiger partial charge in [0.1, 0.15) is 11.6 Å². The number of carbonyl (C=O) groups is 1. The quantitative estimate of drug-likeness (QED) is 0.742. The highest BCUT2D eigenvalue weighted by Gasteiger charge is 2.23.